The molecular formula is C11H17N. The fourth-order valence-corrected chi connectivity index (χ4v) is 2.48. The molecule has 0 saturated carbocycles. The third-order valence-corrected chi connectivity index (χ3v) is 2.86. The second kappa shape index (κ2) is 2.65. The lowest BCUT2D eigenvalue weighted by Crippen LogP contribution is -1.92. The molecule has 0 spiro atoms. The van der Waals surface area contributed by atoms with E-state index in [1.54, 1.807) is 11.1 Å². The summed E-state index contributed by atoms with van der Waals surface area (Å²) in [6.07, 6.45) is 3.91. The number of fused-ring (bicyclic) bond motifs is 1. The first-order valence-electron chi connectivity index (χ1n) is 4.90. The molecular weight excluding hydrogens is 146 g/mol. The molecule has 1 nitrogen and oxygen atoms in total. The standard InChI is InChI=1S/C11H17N/c1-7(2)11-8(3)12-10-6-4-5-9(10)11/h7,12H,4-6H2,1-3H3. The molecule has 0 fully saturated rings. The Balaban J connectivity index is 2.52. The molecule has 0 bridgehead atoms. The highest BCUT2D eigenvalue weighted by molar-refractivity contribution is 5.41. The van der Waals surface area contributed by atoms with Crippen LogP contribution in [0.3, 0.4) is 0 Å². The van der Waals surface area contributed by atoms with Crippen LogP contribution in [0, 0.1) is 6.92 Å². The number of hydrogen-bond acceptors (Lipinski definition) is 0. The largest absolute Gasteiger partial charge is 0.362 e. The molecule has 1 heteroatoms. The topological polar surface area (TPSA) is 15.8 Å². The maximum atomic E-state index is 3.51. The fourth-order valence-electron chi connectivity index (χ4n) is 2.48. The van der Waals surface area contributed by atoms with Gasteiger partial charge in [-0.25, -0.2) is 0 Å². The summed E-state index contributed by atoms with van der Waals surface area (Å²) >= 11 is 0. The molecule has 1 aliphatic carbocycles. The summed E-state index contributed by atoms with van der Waals surface area (Å²) in [5, 5.41) is 0. The van der Waals surface area contributed by atoms with Crippen LogP contribution in [0.4, 0.5) is 0 Å². The Bertz CT molecular complexity index is 294. The molecule has 1 N–H and O–H groups in total. The van der Waals surface area contributed by atoms with Crippen molar-refractivity contribution < 1.29 is 0 Å². The third kappa shape index (κ3) is 0.996. The van der Waals surface area contributed by atoms with Crippen LogP contribution in [0.25, 0.3) is 0 Å². The van der Waals surface area contributed by atoms with Crippen molar-refractivity contribution in [2.45, 2.75) is 46.0 Å². The quantitative estimate of drug-likeness (QED) is 0.655. The van der Waals surface area contributed by atoms with Crippen LogP contribution in [0.1, 0.15) is 48.7 Å². The van der Waals surface area contributed by atoms with E-state index < -0.39 is 0 Å². The van der Waals surface area contributed by atoms with Gasteiger partial charge in [-0.15, -0.1) is 0 Å². The summed E-state index contributed by atoms with van der Waals surface area (Å²) in [6.45, 7) is 6.78. The lowest BCUT2D eigenvalue weighted by Gasteiger charge is -2.06. The van der Waals surface area contributed by atoms with E-state index in [1.165, 1.54) is 30.7 Å². The molecule has 2 rings (SSSR count). The second-order valence-electron chi connectivity index (χ2n) is 4.13. The smallest absolute Gasteiger partial charge is 0.0184 e. The molecule has 0 unspecified atom stereocenters. The predicted octanol–water partition coefficient (Wildman–Crippen LogP) is 2.94. The molecule has 1 aromatic heterocycles. The van der Waals surface area contributed by atoms with Gasteiger partial charge in [0.2, 0.25) is 0 Å². The van der Waals surface area contributed by atoms with Crippen LogP contribution < -0.4 is 0 Å². The van der Waals surface area contributed by atoms with Gasteiger partial charge in [-0.05, 0) is 43.2 Å². The Labute approximate surface area is 74.2 Å². The summed E-state index contributed by atoms with van der Waals surface area (Å²) in [5.41, 5.74) is 6.12. The van der Waals surface area contributed by atoms with Gasteiger partial charge in [-0.2, -0.15) is 0 Å². The zero-order chi connectivity index (χ0) is 8.72. The van der Waals surface area contributed by atoms with Crippen LogP contribution in [0.2, 0.25) is 0 Å². The zero-order valence-electron chi connectivity index (χ0n) is 8.20. The summed E-state index contributed by atoms with van der Waals surface area (Å²) in [4.78, 5) is 3.51. The molecule has 0 amide bonds. The summed E-state index contributed by atoms with van der Waals surface area (Å²) in [6, 6.07) is 0. The van der Waals surface area contributed by atoms with E-state index in [0.29, 0.717) is 5.92 Å². The number of aryl methyl sites for hydroxylation is 2. The van der Waals surface area contributed by atoms with Crippen LogP contribution in [0.5, 0.6) is 0 Å². The number of H-pyrrole nitrogens is 1. The van der Waals surface area contributed by atoms with Gasteiger partial charge in [0.05, 0.1) is 0 Å². The van der Waals surface area contributed by atoms with Gasteiger partial charge in [0, 0.05) is 11.4 Å². The van der Waals surface area contributed by atoms with Crippen molar-refractivity contribution >= 4 is 0 Å². The first-order chi connectivity index (χ1) is 5.70. The van der Waals surface area contributed by atoms with E-state index in [1.807, 2.05) is 0 Å². The lowest BCUT2D eigenvalue weighted by molar-refractivity contribution is 0.819. The van der Waals surface area contributed by atoms with E-state index in [2.05, 4.69) is 25.8 Å². The van der Waals surface area contributed by atoms with Crippen molar-refractivity contribution in [2.24, 2.45) is 0 Å². The van der Waals surface area contributed by atoms with Crippen molar-refractivity contribution in [3.05, 3.63) is 22.5 Å². The van der Waals surface area contributed by atoms with Crippen molar-refractivity contribution in [2.75, 3.05) is 0 Å². The van der Waals surface area contributed by atoms with E-state index in [4.69, 9.17) is 0 Å². The summed E-state index contributed by atoms with van der Waals surface area (Å²) < 4.78 is 0. The summed E-state index contributed by atoms with van der Waals surface area (Å²) in [7, 11) is 0. The fraction of sp³-hybridized carbons (Fsp3) is 0.636. The molecule has 66 valence electrons. The van der Waals surface area contributed by atoms with Crippen molar-refractivity contribution in [1.29, 1.82) is 0 Å². The minimum absolute atomic E-state index is 0.683. The number of hydrogen-bond donors (Lipinski definition) is 1. The molecule has 0 aliphatic heterocycles. The minimum Gasteiger partial charge on any atom is -0.362 e. The van der Waals surface area contributed by atoms with Gasteiger partial charge in [-0.1, -0.05) is 13.8 Å². The van der Waals surface area contributed by atoms with Gasteiger partial charge in [0.1, 0.15) is 0 Å². The monoisotopic (exact) mass is 163 g/mol. The van der Waals surface area contributed by atoms with Crippen LogP contribution >= 0.6 is 0 Å². The maximum Gasteiger partial charge on any atom is 0.0184 e. The SMILES string of the molecule is Cc1[nH]c2c(c1C(C)C)CCC2. The maximum absolute atomic E-state index is 3.51. The molecule has 12 heavy (non-hydrogen) atoms. The van der Waals surface area contributed by atoms with E-state index in [9.17, 15) is 0 Å². The normalized spacial score (nSPS) is 15.7. The Morgan fingerprint density at radius 1 is 1.25 bits per heavy atom. The Kier molecular flexibility index (Phi) is 1.75. The minimum atomic E-state index is 0.683. The molecule has 1 aromatic rings. The van der Waals surface area contributed by atoms with Gasteiger partial charge >= 0.3 is 0 Å². The molecule has 1 heterocycles. The molecule has 1 aliphatic rings. The van der Waals surface area contributed by atoms with E-state index >= 15 is 0 Å². The molecule has 0 radical (unpaired) electrons. The molecule has 0 atom stereocenters. The Morgan fingerprint density at radius 2 is 2.00 bits per heavy atom. The van der Waals surface area contributed by atoms with Crippen molar-refractivity contribution in [1.82, 2.24) is 4.98 Å². The highest BCUT2D eigenvalue weighted by Crippen LogP contribution is 2.32. The highest BCUT2D eigenvalue weighted by Gasteiger charge is 2.20. The zero-order valence-corrected chi connectivity index (χ0v) is 8.20. The van der Waals surface area contributed by atoms with Gasteiger partial charge in [0.25, 0.3) is 0 Å². The Hall–Kier alpha value is -0.720. The average Bonchev–Trinajstić information content (AvgIpc) is 2.44. The van der Waals surface area contributed by atoms with Crippen LogP contribution in [0.15, 0.2) is 0 Å². The van der Waals surface area contributed by atoms with Crippen molar-refractivity contribution in [3.63, 3.8) is 0 Å². The van der Waals surface area contributed by atoms with Gasteiger partial charge in [0.15, 0.2) is 0 Å². The van der Waals surface area contributed by atoms with Crippen molar-refractivity contribution in [3.8, 4) is 0 Å². The first-order valence-corrected chi connectivity index (χ1v) is 4.90. The number of nitrogens with one attached hydrogen (secondary N) is 1. The van der Waals surface area contributed by atoms with E-state index in [-0.39, 0.29) is 0 Å². The van der Waals surface area contributed by atoms with Gasteiger partial charge < -0.3 is 4.98 Å². The predicted molar refractivity (Wildman–Crippen MR) is 51.6 cm³/mol. The first kappa shape index (κ1) is 7.90. The van der Waals surface area contributed by atoms with Gasteiger partial charge in [-0.3, -0.25) is 0 Å². The number of aromatic nitrogens is 1. The highest BCUT2D eigenvalue weighted by atomic mass is 14.7. The summed E-state index contributed by atoms with van der Waals surface area (Å²) in [5.74, 6) is 0.683. The average molecular weight is 163 g/mol. The Morgan fingerprint density at radius 3 is 2.67 bits per heavy atom. The van der Waals surface area contributed by atoms with E-state index in [0.717, 1.165) is 0 Å². The third-order valence-electron chi connectivity index (χ3n) is 2.86. The second-order valence-corrected chi connectivity index (χ2v) is 4.13. The van der Waals surface area contributed by atoms with Crippen LogP contribution in [-0.2, 0) is 12.8 Å². The molecule has 0 saturated heterocycles. The number of aromatic amines is 1. The molecule has 0 aromatic carbocycles. The van der Waals surface area contributed by atoms with Crippen LogP contribution in [-0.4, -0.2) is 4.98 Å². The lowest BCUT2D eigenvalue weighted by atomic mass is 9.98. The number of rotatable bonds is 1.